The van der Waals surface area contributed by atoms with Crippen molar-refractivity contribution in [1.82, 2.24) is 15.5 Å². The second-order valence-electron chi connectivity index (χ2n) is 7.08. The second-order valence-corrected chi connectivity index (χ2v) is 7.08. The number of urea groups is 1. The fourth-order valence-electron chi connectivity index (χ4n) is 3.40. The van der Waals surface area contributed by atoms with Crippen LogP contribution in [0.25, 0.3) is 0 Å². The Hall–Kier alpha value is -2.57. The number of hydrogen-bond donors (Lipinski definition) is 3. The number of hydrogen-bond acceptors (Lipinski definition) is 3. The molecule has 1 fully saturated rings. The van der Waals surface area contributed by atoms with E-state index in [4.69, 9.17) is 0 Å². The first-order valence-corrected chi connectivity index (χ1v) is 9.52. The van der Waals surface area contributed by atoms with E-state index in [2.05, 4.69) is 10.6 Å². The number of carbonyl (C=O) groups excluding carboxylic acids is 2. The van der Waals surface area contributed by atoms with E-state index in [9.17, 15) is 19.5 Å². The monoisotopic (exact) mass is 375 g/mol. The molecular weight excluding hydrogens is 346 g/mol. The van der Waals surface area contributed by atoms with Crippen molar-refractivity contribution in [2.75, 3.05) is 13.6 Å². The number of benzene rings is 1. The summed E-state index contributed by atoms with van der Waals surface area (Å²) < 4.78 is 0. The lowest BCUT2D eigenvalue weighted by molar-refractivity contribution is -0.143. The van der Waals surface area contributed by atoms with E-state index < -0.39 is 11.9 Å². The van der Waals surface area contributed by atoms with Crippen molar-refractivity contribution in [2.24, 2.45) is 5.92 Å². The molecule has 27 heavy (non-hydrogen) atoms. The normalized spacial score (nSPS) is 19.6. The lowest BCUT2D eigenvalue weighted by atomic mass is 9.95. The highest BCUT2D eigenvalue weighted by atomic mass is 16.4. The van der Waals surface area contributed by atoms with Gasteiger partial charge in [-0.25, -0.2) is 4.79 Å². The zero-order chi connectivity index (χ0) is 19.6. The fourth-order valence-corrected chi connectivity index (χ4v) is 3.40. The highest BCUT2D eigenvalue weighted by Gasteiger charge is 2.30. The van der Waals surface area contributed by atoms with Gasteiger partial charge in [-0.3, -0.25) is 9.59 Å². The van der Waals surface area contributed by atoms with Crippen LogP contribution in [0.1, 0.15) is 44.1 Å². The van der Waals surface area contributed by atoms with Gasteiger partial charge in [-0.05, 0) is 18.4 Å². The van der Waals surface area contributed by atoms with Gasteiger partial charge in [-0.1, -0.05) is 49.6 Å². The van der Waals surface area contributed by atoms with Crippen LogP contribution >= 0.6 is 0 Å². The average Bonchev–Trinajstić information content (AvgIpc) is 2.88. The first-order valence-electron chi connectivity index (χ1n) is 9.52. The molecule has 0 heterocycles. The molecule has 3 amide bonds. The van der Waals surface area contributed by atoms with Crippen molar-refractivity contribution in [3.05, 3.63) is 35.9 Å². The van der Waals surface area contributed by atoms with E-state index in [1.165, 1.54) is 0 Å². The predicted molar refractivity (Wildman–Crippen MR) is 102 cm³/mol. The van der Waals surface area contributed by atoms with E-state index in [0.717, 1.165) is 24.8 Å². The van der Waals surface area contributed by atoms with Gasteiger partial charge in [-0.15, -0.1) is 0 Å². The van der Waals surface area contributed by atoms with Crippen molar-refractivity contribution < 1.29 is 19.5 Å². The van der Waals surface area contributed by atoms with Gasteiger partial charge in [-0.2, -0.15) is 0 Å². The van der Waals surface area contributed by atoms with Crippen molar-refractivity contribution in [3.63, 3.8) is 0 Å². The Morgan fingerprint density at radius 3 is 2.52 bits per heavy atom. The van der Waals surface area contributed by atoms with E-state index in [1.807, 2.05) is 30.3 Å². The quantitative estimate of drug-likeness (QED) is 0.637. The van der Waals surface area contributed by atoms with Gasteiger partial charge >= 0.3 is 12.0 Å². The molecule has 7 nitrogen and oxygen atoms in total. The molecular formula is C20H29N3O4. The van der Waals surface area contributed by atoms with E-state index in [0.29, 0.717) is 19.4 Å². The standard InChI is InChI=1S/C20H29N3O4/c1-23(14-15-8-4-2-5-9-15)20(27)21-13-12-18(24)22-17-11-7-3-6-10-16(17)19(25)26/h2,4-5,8-9,16-17H,3,6-7,10-14H2,1H3,(H,21,27)(H,22,24)(H,25,26)/t16-,17+/m1/s1. The van der Waals surface area contributed by atoms with Gasteiger partial charge in [0.1, 0.15) is 0 Å². The third-order valence-corrected chi connectivity index (χ3v) is 4.92. The van der Waals surface area contributed by atoms with Crippen LogP contribution in [0.3, 0.4) is 0 Å². The third kappa shape index (κ3) is 6.92. The summed E-state index contributed by atoms with van der Waals surface area (Å²) in [6, 6.07) is 9.09. The molecule has 0 spiro atoms. The number of amides is 3. The van der Waals surface area contributed by atoms with Gasteiger partial charge < -0.3 is 20.6 Å². The largest absolute Gasteiger partial charge is 0.481 e. The summed E-state index contributed by atoms with van der Waals surface area (Å²) in [4.78, 5) is 37.2. The van der Waals surface area contributed by atoms with Crippen molar-refractivity contribution in [1.29, 1.82) is 0 Å². The third-order valence-electron chi connectivity index (χ3n) is 4.92. The molecule has 3 N–H and O–H groups in total. The maximum absolute atomic E-state index is 12.2. The lowest BCUT2D eigenvalue weighted by Crippen LogP contribution is -2.44. The van der Waals surface area contributed by atoms with Crippen LogP contribution in [-0.2, 0) is 16.1 Å². The Bertz CT molecular complexity index is 635. The van der Waals surface area contributed by atoms with E-state index in [1.54, 1.807) is 11.9 Å². The molecule has 0 bridgehead atoms. The summed E-state index contributed by atoms with van der Waals surface area (Å²) >= 11 is 0. The van der Waals surface area contributed by atoms with E-state index in [-0.39, 0.29) is 30.9 Å². The maximum Gasteiger partial charge on any atom is 0.317 e. The van der Waals surface area contributed by atoms with Gasteiger partial charge in [0.2, 0.25) is 5.91 Å². The topological polar surface area (TPSA) is 98.7 Å². The number of rotatable bonds is 7. The summed E-state index contributed by atoms with van der Waals surface area (Å²) in [5.74, 6) is -1.60. The summed E-state index contributed by atoms with van der Waals surface area (Å²) in [7, 11) is 1.70. The number of carbonyl (C=O) groups is 3. The smallest absolute Gasteiger partial charge is 0.317 e. The number of carboxylic acids is 1. The Kier molecular flexibility index (Phi) is 8.10. The summed E-state index contributed by atoms with van der Waals surface area (Å²) in [5.41, 5.74) is 1.03. The van der Waals surface area contributed by atoms with Crippen molar-refractivity contribution in [2.45, 2.75) is 51.1 Å². The summed E-state index contributed by atoms with van der Waals surface area (Å²) in [6.07, 6.45) is 4.23. The van der Waals surface area contributed by atoms with Gasteiger partial charge in [0.25, 0.3) is 0 Å². The highest BCUT2D eigenvalue weighted by molar-refractivity contribution is 5.79. The van der Waals surface area contributed by atoms with Crippen LogP contribution in [0.2, 0.25) is 0 Å². The van der Waals surface area contributed by atoms with Crippen LogP contribution in [-0.4, -0.2) is 47.5 Å². The number of nitrogens with one attached hydrogen (secondary N) is 2. The molecule has 1 aliphatic rings. The van der Waals surface area contributed by atoms with Gasteiger partial charge in [0.05, 0.1) is 5.92 Å². The molecule has 0 aromatic heterocycles. The number of aliphatic carboxylic acids is 1. The zero-order valence-electron chi connectivity index (χ0n) is 15.8. The van der Waals surface area contributed by atoms with Crippen LogP contribution < -0.4 is 10.6 Å². The lowest BCUT2D eigenvalue weighted by Gasteiger charge is -2.23. The van der Waals surface area contributed by atoms with Crippen LogP contribution in [0.15, 0.2) is 30.3 Å². The van der Waals surface area contributed by atoms with E-state index >= 15 is 0 Å². The second kappa shape index (κ2) is 10.5. The van der Waals surface area contributed by atoms with Gasteiger partial charge in [0.15, 0.2) is 0 Å². The Balaban J connectivity index is 1.73. The maximum atomic E-state index is 12.2. The molecule has 1 saturated carbocycles. The Labute approximate surface area is 160 Å². The molecule has 2 atom stereocenters. The molecule has 148 valence electrons. The first-order chi connectivity index (χ1) is 13.0. The molecule has 1 aromatic carbocycles. The minimum absolute atomic E-state index is 0.133. The average molecular weight is 375 g/mol. The molecule has 7 heteroatoms. The molecule has 0 radical (unpaired) electrons. The van der Waals surface area contributed by atoms with Crippen molar-refractivity contribution in [3.8, 4) is 0 Å². The minimum Gasteiger partial charge on any atom is -0.481 e. The number of nitrogens with zero attached hydrogens (tertiary/aromatic N) is 1. The fraction of sp³-hybridized carbons (Fsp3) is 0.550. The molecule has 0 saturated heterocycles. The molecule has 2 rings (SSSR count). The first kappa shape index (κ1) is 20.7. The SMILES string of the molecule is CN(Cc1ccccc1)C(=O)NCCC(=O)N[C@H]1CCCCC[C@H]1C(=O)O. The van der Waals surface area contributed by atoms with Crippen LogP contribution in [0, 0.1) is 5.92 Å². The van der Waals surface area contributed by atoms with Gasteiger partial charge in [0, 0.05) is 32.6 Å². The van der Waals surface area contributed by atoms with Crippen LogP contribution in [0.4, 0.5) is 4.79 Å². The van der Waals surface area contributed by atoms with Crippen LogP contribution in [0.5, 0.6) is 0 Å². The molecule has 1 aliphatic carbocycles. The summed E-state index contributed by atoms with van der Waals surface area (Å²) in [5, 5.41) is 14.9. The molecule has 0 aliphatic heterocycles. The Morgan fingerprint density at radius 2 is 1.81 bits per heavy atom. The van der Waals surface area contributed by atoms with Crippen molar-refractivity contribution >= 4 is 17.9 Å². The molecule has 0 unspecified atom stereocenters. The summed E-state index contributed by atoms with van der Waals surface area (Å²) in [6.45, 7) is 0.704. The molecule has 1 aromatic rings. The number of carboxylic acid groups (broad SMARTS) is 1. The zero-order valence-corrected chi connectivity index (χ0v) is 15.8. The minimum atomic E-state index is -0.849. The predicted octanol–water partition coefficient (Wildman–Crippen LogP) is 2.37. The highest BCUT2D eigenvalue weighted by Crippen LogP contribution is 2.23. The Morgan fingerprint density at radius 1 is 1.11 bits per heavy atom.